The molecule has 0 unspecified atom stereocenters. The predicted molar refractivity (Wildman–Crippen MR) is 107 cm³/mol. The summed E-state index contributed by atoms with van der Waals surface area (Å²) in [5.41, 5.74) is 1.00. The average Bonchev–Trinajstić information content (AvgIpc) is 3.27. The number of quaternary nitrogens is 1. The van der Waals surface area contributed by atoms with Gasteiger partial charge in [-0.2, -0.15) is 0 Å². The van der Waals surface area contributed by atoms with Crippen LogP contribution in [0.4, 0.5) is 10.1 Å². The number of hydrogen-bond acceptors (Lipinski definition) is 4. The summed E-state index contributed by atoms with van der Waals surface area (Å²) in [6, 6.07) is 10.2. The third-order valence-electron chi connectivity index (χ3n) is 5.19. The minimum Gasteiger partial charge on any atom is -0.463 e. The van der Waals surface area contributed by atoms with Crippen LogP contribution in [0, 0.1) is 5.82 Å². The van der Waals surface area contributed by atoms with Gasteiger partial charge in [-0.15, -0.1) is 0 Å². The summed E-state index contributed by atoms with van der Waals surface area (Å²) < 4.78 is 18.8. The first-order valence-electron chi connectivity index (χ1n) is 10.0. The molecule has 2 aromatic rings. The van der Waals surface area contributed by atoms with Crippen molar-refractivity contribution < 1.29 is 23.3 Å². The van der Waals surface area contributed by atoms with Crippen LogP contribution in [-0.2, 0) is 9.59 Å². The van der Waals surface area contributed by atoms with E-state index in [2.05, 4.69) is 15.5 Å². The first kappa shape index (κ1) is 20.9. The minimum absolute atomic E-state index is 0.0803. The third-order valence-corrected chi connectivity index (χ3v) is 5.19. The van der Waals surface area contributed by atoms with Crippen LogP contribution in [-0.4, -0.2) is 51.1 Å². The average molecular weight is 403 g/mol. The number of nitrogens with one attached hydrogen (secondary N) is 3. The van der Waals surface area contributed by atoms with E-state index >= 15 is 0 Å². The number of piperazine rings is 1. The van der Waals surface area contributed by atoms with Crippen molar-refractivity contribution in [2.24, 2.45) is 0 Å². The molecule has 1 aromatic heterocycles. The molecule has 7 nitrogen and oxygen atoms in total. The van der Waals surface area contributed by atoms with Crippen LogP contribution in [0.1, 0.15) is 25.1 Å². The number of hydrogen-bond donors (Lipinski definition) is 3. The number of amides is 2. The molecule has 0 bridgehead atoms. The first-order valence-corrected chi connectivity index (χ1v) is 10.0. The van der Waals surface area contributed by atoms with E-state index in [1.54, 1.807) is 18.4 Å². The smallest absolute Gasteiger partial charge is 0.309 e. The van der Waals surface area contributed by atoms with Gasteiger partial charge >= 0.3 is 11.8 Å². The van der Waals surface area contributed by atoms with Crippen molar-refractivity contribution in [3.05, 3.63) is 54.2 Å². The lowest BCUT2D eigenvalue weighted by atomic mass is 10.1. The van der Waals surface area contributed by atoms with Crippen molar-refractivity contribution in [1.29, 1.82) is 0 Å². The van der Waals surface area contributed by atoms with Crippen LogP contribution >= 0.6 is 0 Å². The molecule has 1 fully saturated rings. The molecule has 29 heavy (non-hydrogen) atoms. The second-order valence-electron chi connectivity index (χ2n) is 7.16. The molecule has 3 N–H and O–H groups in total. The van der Waals surface area contributed by atoms with Gasteiger partial charge in [0.25, 0.3) is 0 Å². The first-order chi connectivity index (χ1) is 14.1. The molecule has 1 aliphatic rings. The molecule has 1 aromatic carbocycles. The molecular formula is C21H28FN4O3+. The lowest BCUT2D eigenvalue weighted by molar-refractivity contribution is -0.932. The summed E-state index contributed by atoms with van der Waals surface area (Å²) in [6.07, 6.45) is 2.39. The molecule has 0 radical (unpaired) electrons. The van der Waals surface area contributed by atoms with Crippen LogP contribution in [0.2, 0.25) is 0 Å². The van der Waals surface area contributed by atoms with Crippen LogP contribution < -0.4 is 20.4 Å². The van der Waals surface area contributed by atoms with Gasteiger partial charge in [-0.05, 0) is 42.8 Å². The summed E-state index contributed by atoms with van der Waals surface area (Å²) in [5.74, 6) is -0.695. The van der Waals surface area contributed by atoms with E-state index < -0.39 is 11.8 Å². The lowest BCUT2D eigenvalue weighted by Gasteiger charge is -2.37. The maximum atomic E-state index is 13.2. The van der Waals surface area contributed by atoms with Gasteiger partial charge in [0.1, 0.15) is 5.82 Å². The lowest BCUT2D eigenvalue weighted by Crippen LogP contribution is -3.15. The van der Waals surface area contributed by atoms with Crippen molar-refractivity contribution >= 4 is 17.5 Å². The second kappa shape index (κ2) is 10.1. The highest BCUT2D eigenvalue weighted by Gasteiger charge is 2.31. The van der Waals surface area contributed by atoms with Gasteiger partial charge in [0, 0.05) is 12.2 Å². The minimum atomic E-state index is -0.626. The number of nitrogens with zero attached hydrogens (tertiary/aromatic N) is 1. The normalized spacial score (nSPS) is 15.7. The van der Waals surface area contributed by atoms with E-state index in [9.17, 15) is 14.0 Å². The summed E-state index contributed by atoms with van der Waals surface area (Å²) >= 11 is 0. The molecule has 1 saturated heterocycles. The largest absolute Gasteiger partial charge is 0.463 e. The fraction of sp³-hybridized carbons (Fsp3) is 0.429. The molecule has 0 saturated carbocycles. The van der Waals surface area contributed by atoms with Crippen LogP contribution in [0.25, 0.3) is 0 Å². The zero-order valence-corrected chi connectivity index (χ0v) is 16.6. The molecule has 2 heterocycles. The molecule has 1 aliphatic heterocycles. The van der Waals surface area contributed by atoms with E-state index in [-0.39, 0.29) is 11.9 Å². The van der Waals surface area contributed by atoms with E-state index in [1.165, 1.54) is 17.0 Å². The van der Waals surface area contributed by atoms with Crippen LogP contribution in [0.5, 0.6) is 0 Å². The Kier molecular flexibility index (Phi) is 7.24. The Labute approximate surface area is 169 Å². The highest BCUT2D eigenvalue weighted by Crippen LogP contribution is 2.16. The van der Waals surface area contributed by atoms with Gasteiger partial charge in [0.15, 0.2) is 11.8 Å². The summed E-state index contributed by atoms with van der Waals surface area (Å²) in [5, 5.41) is 5.32. The zero-order valence-electron chi connectivity index (χ0n) is 16.6. The molecule has 3 rings (SSSR count). The number of halogens is 1. The monoisotopic (exact) mass is 403 g/mol. The summed E-state index contributed by atoms with van der Waals surface area (Å²) in [7, 11) is 0. The number of anilines is 1. The Hall–Kier alpha value is -2.87. The number of benzene rings is 1. The van der Waals surface area contributed by atoms with Crippen molar-refractivity contribution in [1.82, 2.24) is 10.6 Å². The third kappa shape index (κ3) is 5.57. The fourth-order valence-electron chi connectivity index (χ4n) is 3.58. The van der Waals surface area contributed by atoms with E-state index in [1.807, 2.05) is 19.1 Å². The number of carbonyl (C=O) groups excluding carboxylic acids is 2. The Balaban J connectivity index is 1.59. The molecule has 8 heteroatoms. The van der Waals surface area contributed by atoms with Gasteiger partial charge in [-0.25, -0.2) is 4.39 Å². The van der Waals surface area contributed by atoms with E-state index in [4.69, 9.17) is 4.42 Å². The fourth-order valence-corrected chi connectivity index (χ4v) is 3.58. The van der Waals surface area contributed by atoms with Gasteiger partial charge < -0.3 is 24.9 Å². The Morgan fingerprint density at radius 3 is 2.45 bits per heavy atom. The van der Waals surface area contributed by atoms with Crippen molar-refractivity contribution in [3.63, 3.8) is 0 Å². The van der Waals surface area contributed by atoms with Crippen LogP contribution in [0.3, 0.4) is 0 Å². The SMILES string of the molecule is CCCNC(=O)C(=O)NC[C@@H](c1ccco1)[NH+]1CCN(c2ccc(F)cc2)CC1. The number of carbonyl (C=O) groups is 2. The van der Waals surface area contributed by atoms with E-state index in [0.717, 1.165) is 44.0 Å². The highest BCUT2D eigenvalue weighted by atomic mass is 19.1. The van der Waals surface area contributed by atoms with Gasteiger partial charge in [-0.1, -0.05) is 6.92 Å². The van der Waals surface area contributed by atoms with E-state index in [0.29, 0.717) is 13.1 Å². The number of rotatable bonds is 7. The maximum Gasteiger partial charge on any atom is 0.309 e. The summed E-state index contributed by atoms with van der Waals surface area (Å²) in [4.78, 5) is 27.4. The second-order valence-corrected chi connectivity index (χ2v) is 7.16. The molecule has 156 valence electrons. The van der Waals surface area contributed by atoms with Crippen molar-refractivity contribution in [2.75, 3.05) is 44.2 Å². The quantitative estimate of drug-likeness (QED) is 0.589. The highest BCUT2D eigenvalue weighted by molar-refractivity contribution is 6.35. The number of furan rings is 1. The Bertz CT molecular complexity index is 787. The maximum absolute atomic E-state index is 13.2. The standard InChI is InChI=1S/C21H27FN4O3/c1-2-9-23-20(27)21(28)24-15-18(19-4-3-14-29-19)26-12-10-25(11-13-26)17-7-5-16(22)6-8-17/h3-8,14,18H,2,9-13,15H2,1H3,(H,23,27)(H,24,28)/p+1/t18-/m0/s1. The molecule has 2 amide bonds. The Morgan fingerprint density at radius 1 is 1.14 bits per heavy atom. The zero-order chi connectivity index (χ0) is 20.6. The predicted octanol–water partition coefficient (Wildman–Crippen LogP) is 0.507. The molecular weight excluding hydrogens is 375 g/mol. The van der Waals surface area contributed by atoms with Crippen LogP contribution in [0.15, 0.2) is 47.1 Å². The summed E-state index contributed by atoms with van der Waals surface area (Å²) in [6.45, 7) is 6.01. The van der Waals surface area contributed by atoms with Gasteiger partial charge in [0.05, 0.1) is 39.0 Å². The topological polar surface area (TPSA) is 79.0 Å². The van der Waals surface area contributed by atoms with Gasteiger partial charge in [0.2, 0.25) is 0 Å². The molecule has 0 aliphatic carbocycles. The van der Waals surface area contributed by atoms with Crippen molar-refractivity contribution in [2.45, 2.75) is 19.4 Å². The van der Waals surface area contributed by atoms with Gasteiger partial charge in [-0.3, -0.25) is 9.59 Å². The van der Waals surface area contributed by atoms with Crippen molar-refractivity contribution in [3.8, 4) is 0 Å². The molecule has 0 spiro atoms. The molecule has 1 atom stereocenters. The Morgan fingerprint density at radius 2 is 1.83 bits per heavy atom.